The quantitative estimate of drug-likeness (QED) is 0.372. The van der Waals surface area contributed by atoms with Gasteiger partial charge >= 0.3 is 0 Å². The number of carbonyl (C=O) groups excluding carboxylic acids is 1. The molecule has 1 aromatic heterocycles. The lowest BCUT2D eigenvalue weighted by Gasteiger charge is -2.11. The van der Waals surface area contributed by atoms with Crippen molar-refractivity contribution in [2.45, 2.75) is 11.7 Å². The van der Waals surface area contributed by atoms with Crippen LogP contribution in [0.5, 0.6) is 11.5 Å². The molecule has 0 bridgehead atoms. The smallest absolute Gasteiger partial charge is 0.234 e. The van der Waals surface area contributed by atoms with Gasteiger partial charge in [-0.25, -0.2) is 0 Å². The number of halogens is 1. The highest BCUT2D eigenvalue weighted by Gasteiger charge is 2.18. The monoisotopic (exact) mass is 478 g/mol. The first-order valence-electron chi connectivity index (χ1n) is 10.2. The van der Waals surface area contributed by atoms with E-state index >= 15 is 0 Å². The maximum absolute atomic E-state index is 12.5. The summed E-state index contributed by atoms with van der Waals surface area (Å²) in [5.74, 6) is 2.21. The number of anilines is 1. The first-order chi connectivity index (χ1) is 16.2. The Morgan fingerprint density at radius 1 is 1.00 bits per heavy atom. The number of rotatable bonds is 7. The molecular weight excluding hydrogens is 460 g/mol. The number of nitrogens with one attached hydrogen (secondary N) is 1. The molecule has 1 N–H and O–H groups in total. The van der Waals surface area contributed by atoms with E-state index in [0.717, 1.165) is 28.5 Å². The van der Waals surface area contributed by atoms with Crippen molar-refractivity contribution in [2.75, 3.05) is 17.9 Å². The second-order valence-electron chi connectivity index (χ2n) is 7.29. The zero-order chi connectivity index (χ0) is 22.6. The molecular formula is C24H19ClN4O3S. The maximum atomic E-state index is 12.5. The zero-order valence-corrected chi connectivity index (χ0v) is 19.0. The van der Waals surface area contributed by atoms with E-state index in [1.165, 1.54) is 11.8 Å². The van der Waals surface area contributed by atoms with Gasteiger partial charge in [0.15, 0.2) is 22.5 Å². The molecule has 2 heterocycles. The fourth-order valence-electron chi connectivity index (χ4n) is 3.45. The molecule has 4 aromatic rings. The Morgan fingerprint density at radius 2 is 1.85 bits per heavy atom. The van der Waals surface area contributed by atoms with Gasteiger partial charge in [0.2, 0.25) is 12.7 Å². The highest BCUT2D eigenvalue weighted by molar-refractivity contribution is 7.99. The van der Waals surface area contributed by atoms with Crippen LogP contribution in [0.15, 0.2) is 78.0 Å². The molecule has 0 fully saturated rings. The number of hydrogen-bond acceptors (Lipinski definition) is 6. The van der Waals surface area contributed by atoms with Gasteiger partial charge in [-0.15, -0.1) is 10.2 Å². The summed E-state index contributed by atoms with van der Waals surface area (Å²) in [6.45, 7) is 0.746. The largest absolute Gasteiger partial charge is 0.454 e. The Morgan fingerprint density at radius 3 is 2.70 bits per heavy atom. The number of nitrogens with zero attached hydrogens (tertiary/aromatic N) is 3. The van der Waals surface area contributed by atoms with Crippen molar-refractivity contribution in [3.05, 3.63) is 83.4 Å². The third-order valence-corrected chi connectivity index (χ3v) is 6.17. The van der Waals surface area contributed by atoms with E-state index in [2.05, 4.69) is 15.5 Å². The fraction of sp³-hybridized carbons (Fsp3) is 0.125. The second kappa shape index (κ2) is 9.56. The molecule has 33 heavy (non-hydrogen) atoms. The molecule has 0 unspecified atom stereocenters. The summed E-state index contributed by atoms with van der Waals surface area (Å²) < 4.78 is 12.9. The molecule has 0 radical (unpaired) electrons. The molecule has 166 valence electrons. The van der Waals surface area contributed by atoms with Crippen LogP contribution in [-0.2, 0) is 11.3 Å². The predicted octanol–water partition coefficient (Wildman–Crippen LogP) is 5.11. The van der Waals surface area contributed by atoms with Crippen molar-refractivity contribution in [3.8, 4) is 22.9 Å². The Hall–Kier alpha value is -3.49. The zero-order valence-electron chi connectivity index (χ0n) is 17.4. The van der Waals surface area contributed by atoms with Crippen molar-refractivity contribution in [1.82, 2.24) is 14.8 Å². The third-order valence-electron chi connectivity index (χ3n) is 4.97. The molecule has 3 aromatic carbocycles. The molecule has 0 aliphatic carbocycles. The van der Waals surface area contributed by atoms with Crippen molar-refractivity contribution in [1.29, 1.82) is 0 Å². The van der Waals surface area contributed by atoms with Crippen LogP contribution in [0.3, 0.4) is 0 Å². The highest BCUT2D eigenvalue weighted by atomic mass is 35.5. The van der Waals surface area contributed by atoms with E-state index < -0.39 is 0 Å². The number of benzene rings is 3. The average molecular weight is 479 g/mol. The van der Waals surface area contributed by atoms with Crippen molar-refractivity contribution < 1.29 is 14.3 Å². The molecule has 1 aliphatic rings. The minimum atomic E-state index is -0.152. The van der Waals surface area contributed by atoms with Gasteiger partial charge in [0.05, 0.1) is 12.3 Å². The Bertz CT molecular complexity index is 1300. The van der Waals surface area contributed by atoms with Crippen LogP contribution in [0.1, 0.15) is 5.56 Å². The van der Waals surface area contributed by atoms with Gasteiger partial charge in [-0.1, -0.05) is 65.8 Å². The summed E-state index contributed by atoms with van der Waals surface area (Å²) in [5.41, 5.74) is 2.61. The lowest BCUT2D eigenvalue weighted by atomic mass is 10.2. The second-order valence-corrected chi connectivity index (χ2v) is 8.67. The summed E-state index contributed by atoms with van der Waals surface area (Å²) in [4.78, 5) is 12.5. The van der Waals surface area contributed by atoms with Crippen LogP contribution in [-0.4, -0.2) is 33.2 Å². The summed E-state index contributed by atoms with van der Waals surface area (Å²) in [6, 6.07) is 22.7. The lowest BCUT2D eigenvalue weighted by Crippen LogP contribution is -2.14. The van der Waals surface area contributed by atoms with E-state index in [9.17, 15) is 4.79 Å². The number of ether oxygens (including phenoxy) is 2. The molecule has 1 amide bonds. The standard InChI is InChI=1S/C24H19ClN4O3S/c25-18-7-4-8-19(12-18)26-22(30)14-33-24-28-27-23(17-5-2-1-3-6-17)29(24)13-16-9-10-20-21(11-16)32-15-31-20/h1-12H,13-15H2,(H,26,30). The van der Waals surface area contributed by atoms with E-state index in [0.29, 0.717) is 22.4 Å². The molecule has 5 rings (SSSR count). The number of fused-ring (bicyclic) bond motifs is 1. The average Bonchev–Trinajstić information content (AvgIpc) is 3.45. The van der Waals surface area contributed by atoms with Crippen LogP contribution < -0.4 is 14.8 Å². The Kier molecular flexibility index (Phi) is 6.19. The first-order valence-corrected chi connectivity index (χ1v) is 11.6. The summed E-state index contributed by atoms with van der Waals surface area (Å²) in [6.07, 6.45) is 0. The van der Waals surface area contributed by atoms with Crippen LogP contribution in [0.2, 0.25) is 5.02 Å². The van der Waals surface area contributed by atoms with Gasteiger partial charge in [0, 0.05) is 16.3 Å². The first kappa shape index (κ1) is 21.4. The van der Waals surface area contributed by atoms with Gasteiger partial charge in [0.1, 0.15) is 0 Å². The maximum Gasteiger partial charge on any atom is 0.234 e. The van der Waals surface area contributed by atoms with Gasteiger partial charge in [-0.3, -0.25) is 9.36 Å². The highest BCUT2D eigenvalue weighted by Crippen LogP contribution is 2.33. The third kappa shape index (κ3) is 4.97. The van der Waals surface area contributed by atoms with Gasteiger partial charge in [-0.05, 0) is 35.9 Å². The summed E-state index contributed by atoms with van der Waals surface area (Å²) in [5, 5.41) is 12.9. The molecule has 0 saturated heterocycles. The van der Waals surface area contributed by atoms with Crippen molar-refractivity contribution in [2.24, 2.45) is 0 Å². The SMILES string of the molecule is O=C(CSc1nnc(-c2ccccc2)n1Cc1ccc2c(c1)OCO2)Nc1cccc(Cl)c1. The molecule has 0 atom stereocenters. The van der Waals surface area contributed by atoms with Crippen molar-refractivity contribution in [3.63, 3.8) is 0 Å². The molecule has 0 saturated carbocycles. The molecule has 1 aliphatic heterocycles. The van der Waals surface area contributed by atoms with Gasteiger partial charge in [-0.2, -0.15) is 0 Å². The summed E-state index contributed by atoms with van der Waals surface area (Å²) >= 11 is 7.33. The summed E-state index contributed by atoms with van der Waals surface area (Å²) in [7, 11) is 0. The Labute approximate surface area is 199 Å². The Balaban J connectivity index is 1.37. The van der Waals surface area contributed by atoms with Crippen LogP contribution in [0, 0.1) is 0 Å². The van der Waals surface area contributed by atoms with Crippen LogP contribution in [0.25, 0.3) is 11.4 Å². The fourth-order valence-corrected chi connectivity index (χ4v) is 4.38. The van der Waals surface area contributed by atoms with E-state index in [1.807, 2.05) is 53.1 Å². The van der Waals surface area contributed by atoms with Gasteiger partial charge < -0.3 is 14.8 Å². The lowest BCUT2D eigenvalue weighted by molar-refractivity contribution is -0.113. The van der Waals surface area contributed by atoms with Crippen LogP contribution >= 0.6 is 23.4 Å². The number of carbonyl (C=O) groups is 1. The van der Waals surface area contributed by atoms with E-state index in [1.54, 1.807) is 24.3 Å². The predicted molar refractivity (Wildman–Crippen MR) is 128 cm³/mol. The minimum absolute atomic E-state index is 0.152. The van der Waals surface area contributed by atoms with Crippen LogP contribution in [0.4, 0.5) is 5.69 Å². The number of amides is 1. The normalized spacial score (nSPS) is 12.0. The van der Waals surface area contributed by atoms with E-state index in [4.69, 9.17) is 21.1 Å². The number of hydrogen-bond donors (Lipinski definition) is 1. The topological polar surface area (TPSA) is 78.3 Å². The molecule has 9 heteroatoms. The number of thioether (sulfide) groups is 1. The van der Waals surface area contributed by atoms with E-state index in [-0.39, 0.29) is 18.5 Å². The van der Waals surface area contributed by atoms with Gasteiger partial charge in [0.25, 0.3) is 0 Å². The molecule has 7 nitrogen and oxygen atoms in total. The number of aromatic nitrogens is 3. The minimum Gasteiger partial charge on any atom is -0.454 e. The molecule has 0 spiro atoms. The van der Waals surface area contributed by atoms with Crippen molar-refractivity contribution >= 4 is 35.0 Å².